The van der Waals surface area contributed by atoms with Gasteiger partial charge in [0.05, 0.1) is 23.2 Å². The normalized spacial score (nSPS) is 21.1. The van der Waals surface area contributed by atoms with Crippen molar-refractivity contribution >= 4 is 15.9 Å². The van der Waals surface area contributed by atoms with Crippen molar-refractivity contribution in [1.29, 1.82) is 0 Å². The van der Waals surface area contributed by atoms with E-state index in [4.69, 9.17) is 4.74 Å². The van der Waals surface area contributed by atoms with Crippen molar-refractivity contribution in [3.8, 4) is 11.1 Å². The first-order valence-electron chi connectivity index (χ1n) is 11.6. The standard InChI is InChI=1S/C27H24N2O5S/c30-24-15-28-23-14-25(35(32,33)17-8-2-1-3-9-17)29(26(23)24)27(31)34-16-22-20-12-6-4-10-18(20)19-11-5-7-13-21(19)22/h1-13,22-23,25,28,30H,14-16H2. The molecule has 35 heavy (non-hydrogen) atoms. The predicted molar refractivity (Wildman–Crippen MR) is 130 cm³/mol. The van der Waals surface area contributed by atoms with Crippen LogP contribution < -0.4 is 5.32 Å². The molecule has 1 aliphatic carbocycles. The average molecular weight is 489 g/mol. The average Bonchev–Trinajstić information content (AvgIpc) is 3.54. The Morgan fingerprint density at radius 2 is 1.54 bits per heavy atom. The van der Waals surface area contributed by atoms with Crippen LogP contribution in [-0.2, 0) is 14.6 Å². The van der Waals surface area contributed by atoms with Gasteiger partial charge in [0.25, 0.3) is 0 Å². The zero-order valence-corrected chi connectivity index (χ0v) is 19.6. The molecule has 3 aromatic rings. The number of hydrogen-bond acceptors (Lipinski definition) is 6. The molecule has 2 N–H and O–H groups in total. The van der Waals surface area contributed by atoms with E-state index in [1.807, 2.05) is 36.4 Å². The van der Waals surface area contributed by atoms with Crippen molar-refractivity contribution in [1.82, 2.24) is 10.2 Å². The van der Waals surface area contributed by atoms with Gasteiger partial charge in [0.1, 0.15) is 17.7 Å². The maximum absolute atomic E-state index is 13.5. The number of hydrogen-bond donors (Lipinski definition) is 2. The van der Waals surface area contributed by atoms with Gasteiger partial charge in [-0.1, -0.05) is 66.7 Å². The van der Waals surface area contributed by atoms with E-state index < -0.39 is 27.3 Å². The fourth-order valence-electron chi connectivity index (χ4n) is 5.48. The molecule has 0 spiro atoms. The van der Waals surface area contributed by atoms with Crippen LogP contribution in [0.1, 0.15) is 23.5 Å². The molecule has 7 nitrogen and oxygen atoms in total. The Morgan fingerprint density at radius 3 is 2.20 bits per heavy atom. The summed E-state index contributed by atoms with van der Waals surface area (Å²) in [5, 5.41) is 12.4. The molecule has 2 atom stereocenters. The van der Waals surface area contributed by atoms with Crippen LogP contribution in [0.4, 0.5) is 4.79 Å². The molecule has 1 fully saturated rings. The van der Waals surface area contributed by atoms with E-state index in [1.54, 1.807) is 18.2 Å². The summed E-state index contributed by atoms with van der Waals surface area (Å²) >= 11 is 0. The Balaban J connectivity index is 1.31. The number of aliphatic hydroxyl groups excluding tert-OH is 1. The summed E-state index contributed by atoms with van der Waals surface area (Å²) in [6.45, 7) is 0.249. The van der Waals surface area contributed by atoms with Gasteiger partial charge >= 0.3 is 6.09 Å². The van der Waals surface area contributed by atoms with E-state index in [0.717, 1.165) is 27.2 Å². The largest absolute Gasteiger partial charge is 0.509 e. The van der Waals surface area contributed by atoms with Gasteiger partial charge in [0.15, 0.2) is 9.84 Å². The number of nitrogens with zero attached hydrogens (tertiary/aromatic N) is 1. The van der Waals surface area contributed by atoms with Crippen molar-refractivity contribution in [3.05, 3.63) is 101 Å². The van der Waals surface area contributed by atoms with Crippen LogP contribution >= 0.6 is 0 Å². The Morgan fingerprint density at radius 1 is 0.943 bits per heavy atom. The summed E-state index contributed by atoms with van der Waals surface area (Å²) in [6, 6.07) is 23.7. The number of carbonyl (C=O) groups excluding carboxylic acids is 1. The Labute approximate surface area is 203 Å². The Hall–Kier alpha value is -3.62. The van der Waals surface area contributed by atoms with E-state index in [1.165, 1.54) is 12.1 Å². The minimum atomic E-state index is -3.89. The lowest BCUT2D eigenvalue weighted by molar-refractivity contribution is 0.110. The number of fused-ring (bicyclic) bond motifs is 4. The third-order valence-corrected chi connectivity index (χ3v) is 9.14. The second-order valence-corrected chi connectivity index (χ2v) is 11.1. The number of ether oxygens (including phenoxy) is 1. The summed E-state index contributed by atoms with van der Waals surface area (Å²) in [6.07, 6.45) is -0.634. The van der Waals surface area contributed by atoms with Crippen LogP contribution in [0, 0.1) is 0 Å². The summed E-state index contributed by atoms with van der Waals surface area (Å²) in [4.78, 5) is 14.7. The number of amides is 1. The van der Waals surface area contributed by atoms with Crippen molar-refractivity contribution < 1.29 is 23.1 Å². The molecule has 178 valence electrons. The van der Waals surface area contributed by atoms with Gasteiger partial charge in [-0.25, -0.2) is 13.2 Å². The lowest BCUT2D eigenvalue weighted by Crippen LogP contribution is -2.41. The van der Waals surface area contributed by atoms with E-state index in [-0.39, 0.29) is 41.8 Å². The molecule has 2 heterocycles. The van der Waals surface area contributed by atoms with Gasteiger partial charge in [0.2, 0.25) is 0 Å². The zero-order valence-electron chi connectivity index (χ0n) is 18.8. The minimum Gasteiger partial charge on any atom is -0.509 e. The summed E-state index contributed by atoms with van der Waals surface area (Å²) < 4.78 is 32.8. The molecule has 1 amide bonds. The SMILES string of the molecule is O=C(OCC1c2ccccc2-c2ccccc21)N1C2=C(O)CNC2CC1S(=O)(=O)c1ccccc1. The molecule has 8 heteroatoms. The number of carbonyl (C=O) groups is 1. The van der Waals surface area contributed by atoms with Crippen molar-refractivity contribution in [2.45, 2.75) is 28.6 Å². The van der Waals surface area contributed by atoms with E-state index >= 15 is 0 Å². The highest BCUT2D eigenvalue weighted by Gasteiger charge is 2.51. The van der Waals surface area contributed by atoms with Gasteiger partial charge in [-0.05, 0) is 34.4 Å². The second kappa shape index (κ2) is 8.25. The van der Waals surface area contributed by atoms with E-state index in [9.17, 15) is 18.3 Å². The first-order valence-corrected chi connectivity index (χ1v) is 13.1. The first kappa shape index (κ1) is 21.9. The Kier molecular flexibility index (Phi) is 5.16. The van der Waals surface area contributed by atoms with Crippen LogP contribution in [0.2, 0.25) is 0 Å². The maximum atomic E-state index is 13.5. The van der Waals surface area contributed by atoms with Crippen LogP contribution in [-0.4, -0.2) is 49.1 Å². The highest BCUT2D eigenvalue weighted by molar-refractivity contribution is 7.92. The molecule has 0 bridgehead atoms. The third kappa shape index (κ3) is 3.44. The minimum absolute atomic E-state index is 0.0331. The van der Waals surface area contributed by atoms with Crippen LogP contribution in [0.15, 0.2) is 95.2 Å². The first-order chi connectivity index (χ1) is 17.0. The molecule has 1 saturated heterocycles. The molecule has 3 aromatic carbocycles. The number of benzene rings is 3. The molecule has 2 unspecified atom stereocenters. The fraction of sp³-hybridized carbons (Fsp3) is 0.222. The van der Waals surface area contributed by atoms with Gasteiger partial charge in [-0.2, -0.15) is 0 Å². The molecule has 6 rings (SSSR count). The van der Waals surface area contributed by atoms with Gasteiger partial charge in [0, 0.05) is 12.3 Å². The molecule has 0 aromatic heterocycles. The molecule has 0 saturated carbocycles. The summed E-state index contributed by atoms with van der Waals surface area (Å²) in [5.74, 6) is -0.188. The van der Waals surface area contributed by atoms with Crippen LogP contribution in [0.5, 0.6) is 0 Å². The lowest BCUT2D eigenvalue weighted by Gasteiger charge is -2.26. The highest BCUT2D eigenvalue weighted by atomic mass is 32.2. The highest BCUT2D eigenvalue weighted by Crippen LogP contribution is 2.45. The summed E-state index contributed by atoms with van der Waals surface area (Å²) in [7, 11) is -3.89. The van der Waals surface area contributed by atoms with Crippen LogP contribution in [0.3, 0.4) is 0 Å². The maximum Gasteiger partial charge on any atom is 0.415 e. The quantitative estimate of drug-likeness (QED) is 0.572. The molecular weight excluding hydrogens is 464 g/mol. The molecule has 3 aliphatic rings. The van der Waals surface area contributed by atoms with Crippen LogP contribution in [0.25, 0.3) is 11.1 Å². The zero-order chi connectivity index (χ0) is 24.2. The number of rotatable bonds is 4. The molecular formula is C27H24N2O5S. The summed E-state index contributed by atoms with van der Waals surface area (Å²) in [5.41, 5.74) is 4.63. The van der Waals surface area contributed by atoms with E-state index in [2.05, 4.69) is 17.4 Å². The number of sulfone groups is 1. The van der Waals surface area contributed by atoms with E-state index in [0.29, 0.717) is 0 Å². The molecule has 2 aliphatic heterocycles. The monoisotopic (exact) mass is 488 g/mol. The van der Waals surface area contributed by atoms with Gasteiger partial charge < -0.3 is 15.2 Å². The topological polar surface area (TPSA) is 95.9 Å². The number of nitrogens with one attached hydrogen (secondary N) is 1. The lowest BCUT2D eigenvalue weighted by atomic mass is 9.98. The van der Waals surface area contributed by atoms with Crippen molar-refractivity contribution in [2.75, 3.05) is 13.2 Å². The van der Waals surface area contributed by atoms with Crippen molar-refractivity contribution in [3.63, 3.8) is 0 Å². The smallest absolute Gasteiger partial charge is 0.415 e. The molecule has 0 radical (unpaired) electrons. The number of aliphatic hydroxyl groups is 1. The second-order valence-electron chi connectivity index (χ2n) is 8.99. The van der Waals surface area contributed by atoms with Gasteiger partial charge in [-0.15, -0.1) is 0 Å². The number of likely N-dealkylation sites (tertiary alicyclic amines) is 1. The predicted octanol–water partition coefficient (Wildman–Crippen LogP) is 4.18. The Bertz CT molecular complexity index is 1410. The van der Waals surface area contributed by atoms with Gasteiger partial charge in [-0.3, -0.25) is 4.90 Å². The fourth-order valence-corrected chi connectivity index (χ4v) is 7.26. The third-order valence-electron chi connectivity index (χ3n) is 7.09. The van der Waals surface area contributed by atoms with Crippen molar-refractivity contribution in [2.24, 2.45) is 0 Å².